The number of hydrogen-bond donors (Lipinski definition) is 1. The average Bonchev–Trinajstić information content (AvgIpc) is 2.78. The third kappa shape index (κ3) is 2.49. The number of fused-ring (bicyclic) bond motifs is 1. The lowest BCUT2D eigenvalue weighted by Gasteiger charge is -2.30. The highest BCUT2D eigenvalue weighted by Gasteiger charge is 2.38. The second kappa shape index (κ2) is 5.66. The van der Waals surface area contributed by atoms with Gasteiger partial charge in [-0.2, -0.15) is 0 Å². The number of ketones is 1. The second-order valence-corrected chi connectivity index (χ2v) is 5.14. The van der Waals surface area contributed by atoms with Crippen LogP contribution in [-0.2, 0) is 19.1 Å². The van der Waals surface area contributed by atoms with Crippen LogP contribution in [0.3, 0.4) is 0 Å². The quantitative estimate of drug-likeness (QED) is 0.608. The van der Waals surface area contributed by atoms with Crippen LogP contribution in [-0.4, -0.2) is 31.1 Å². The van der Waals surface area contributed by atoms with Gasteiger partial charge in [0.2, 0.25) is 0 Å². The van der Waals surface area contributed by atoms with E-state index in [2.05, 4.69) is 17.2 Å². The van der Waals surface area contributed by atoms with Gasteiger partial charge in [-0.1, -0.05) is 12.0 Å². The fourth-order valence-corrected chi connectivity index (χ4v) is 2.70. The summed E-state index contributed by atoms with van der Waals surface area (Å²) in [6.07, 6.45) is 7.45. The topological polar surface area (TPSA) is 64.6 Å². The summed E-state index contributed by atoms with van der Waals surface area (Å²) in [4.78, 5) is 24.3. The molecule has 0 radical (unpaired) electrons. The van der Waals surface area contributed by atoms with Crippen LogP contribution in [0, 0.1) is 17.8 Å². The molecule has 0 saturated carbocycles. The summed E-state index contributed by atoms with van der Waals surface area (Å²) in [6.45, 7) is 1.32. The van der Waals surface area contributed by atoms with E-state index in [4.69, 9.17) is 9.47 Å². The van der Waals surface area contributed by atoms with Gasteiger partial charge in [0.15, 0.2) is 11.9 Å². The highest BCUT2D eigenvalue weighted by atomic mass is 16.6. The zero-order valence-electron chi connectivity index (χ0n) is 12.3. The second-order valence-electron chi connectivity index (χ2n) is 5.14. The first-order valence-electron chi connectivity index (χ1n) is 6.94. The van der Waals surface area contributed by atoms with Crippen molar-refractivity contribution in [1.82, 2.24) is 5.32 Å². The Morgan fingerprint density at radius 2 is 2.18 bits per heavy atom. The van der Waals surface area contributed by atoms with E-state index in [-0.39, 0.29) is 5.78 Å². The first kappa shape index (κ1) is 14.4. The van der Waals surface area contributed by atoms with Crippen molar-refractivity contribution in [2.45, 2.75) is 19.1 Å². The maximum atomic E-state index is 12.9. The Morgan fingerprint density at radius 3 is 2.91 bits per heavy atom. The molecule has 0 aromatic carbocycles. The maximum Gasteiger partial charge on any atom is 0.303 e. The Balaban J connectivity index is 2.07. The minimum Gasteiger partial charge on any atom is -0.454 e. The number of allylic oxidation sites excluding steroid dienone is 5. The Labute approximate surface area is 128 Å². The highest BCUT2D eigenvalue weighted by molar-refractivity contribution is 6.02. The van der Waals surface area contributed by atoms with Crippen molar-refractivity contribution in [2.24, 2.45) is 5.92 Å². The lowest BCUT2D eigenvalue weighted by Crippen LogP contribution is -2.40. The van der Waals surface area contributed by atoms with Gasteiger partial charge >= 0.3 is 5.97 Å². The lowest BCUT2D eigenvalue weighted by molar-refractivity contribution is -0.149. The Bertz CT molecular complexity index is 715. The molecule has 5 nitrogen and oxygen atoms in total. The van der Waals surface area contributed by atoms with Crippen LogP contribution < -0.4 is 5.32 Å². The highest BCUT2D eigenvalue weighted by Crippen LogP contribution is 2.30. The van der Waals surface area contributed by atoms with Crippen molar-refractivity contribution in [3.8, 4) is 11.8 Å². The Kier molecular flexibility index (Phi) is 3.70. The molecule has 3 aliphatic rings. The molecule has 2 bridgehead atoms. The van der Waals surface area contributed by atoms with Crippen molar-refractivity contribution in [3.05, 3.63) is 47.3 Å². The van der Waals surface area contributed by atoms with Gasteiger partial charge in [-0.15, -0.1) is 0 Å². The summed E-state index contributed by atoms with van der Waals surface area (Å²) in [5, 5.41) is 3.14. The molecule has 1 aliphatic heterocycles. The van der Waals surface area contributed by atoms with Gasteiger partial charge in [0.25, 0.3) is 0 Å². The molecule has 1 heterocycles. The molecule has 3 rings (SSSR count). The fourth-order valence-electron chi connectivity index (χ4n) is 2.70. The summed E-state index contributed by atoms with van der Waals surface area (Å²) in [5.41, 5.74) is 1.67. The van der Waals surface area contributed by atoms with Crippen molar-refractivity contribution in [1.29, 1.82) is 0 Å². The van der Waals surface area contributed by atoms with E-state index < -0.39 is 24.1 Å². The molecule has 22 heavy (non-hydrogen) atoms. The van der Waals surface area contributed by atoms with Crippen LogP contribution in [0.2, 0.25) is 0 Å². The standard InChI is InChI=1S/C17H15NO4/c1-10(19)22-17-14(21-2)8-7-13-15(17)16(20)11-5-3-4-6-12(9-11)18-13/h3,5,7-9,11,14,17-18H,1-2H3. The number of ether oxygens (including phenoxy) is 2. The molecule has 0 saturated heterocycles. The van der Waals surface area contributed by atoms with Crippen molar-refractivity contribution < 1.29 is 19.1 Å². The first-order valence-corrected chi connectivity index (χ1v) is 6.94. The van der Waals surface area contributed by atoms with E-state index in [1.54, 1.807) is 30.4 Å². The molecule has 0 fully saturated rings. The Morgan fingerprint density at radius 1 is 1.36 bits per heavy atom. The molecule has 0 aromatic heterocycles. The number of Topliss-reactive ketones (excluding diaryl/α,β-unsaturated/α-hetero) is 1. The van der Waals surface area contributed by atoms with Gasteiger partial charge in [0.05, 0.1) is 17.2 Å². The van der Waals surface area contributed by atoms with Crippen molar-refractivity contribution >= 4 is 11.8 Å². The van der Waals surface area contributed by atoms with Crippen LogP contribution in [0.5, 0.6) is 0 Å². The van der Waals surface area contributed by atoms with E-state index in [0.717, 1.165) is 0 Å². The van der Waals surface area contributed by atoms with E-state index >= 15 is 0 Å². The summed E-state index contributed by atoms with van der Waals surface area (Å²) in [5.74, 6) is 4.76. The monoisotopic (exact) mass is 297 g/mol. The smallest absolute Gasteiger partial charge is 0.303 e. The third-order valence-corrected chi connectivity index (χ3v) is 3.67. The van der Waals surface area contributed by atoms with Crippen LogP contribution in [0.15, 0.2) is 47.3 Å². The van der Waals surface area contributed by atoms with E-state index in [9.17, 15) is 9.59 Å². The predicted molar refractivity (Wildman–Crippen MR) is 79.1 cm³/mol. The Hall–Kier alpha value is -2.58. The number of methoxy groups -OCH3 is 1. The van der Waals surface area contributed by atoms with Gasteiger partial charge in [-0.25, -0.2) is 0 Å². The summed E-state index contributed by atoms with van der Waals surface area (Å²) >= 11 is 0. The fraction of sp³-hybridized carbons (Fsp3) is 0.294. The van der Waals surface area contributed by atoms with Crippen LogP contribution in [0.1, 0.15) is 6.92 Å². The van der Waals surface area contributed by atoms with E-state index in [1.807, 2.05) is 0 Å². The molecular formula is C17H15NO4. The molecule has 2 aliphatic carbocycles. The summed E-state index contributed by atoms with van der Waals surface area (Å²) < 4.78 is 10.7. The number of carbonyl (C=O) groups is 2. The molecule has 0 amide bonds. The van der Waals surface area contributed by atoms with Gasteiger partial charge in [-0.05, 0) is 30.2 Å². The number of carbonyl (C=O) groups excluding carboxylic acids is 2. The first-order chi connectivity index (χ1) is 10.6. The van der Waals surface area contributed by atoms with Gasteiger partial charge < -0.3 is 14.8 Å². The molecule has 3 unspecified atom stereocenters. The minimum atomic E-state index is -0.765. The van der Waals surface area contributed by atoms with Crippen molar-refractivity contribution in [3.63, 3.8) is 0 Å². The van der Waals surface area contributed by atoms with Crippen LogP contribution in [0.4, 0.5) is 0 Å². The lowest BCUT2D eigenvalue weighted by atomic mass is 9.87. The van der Waals surface area contributed by atoms with Crippen molar-refractivity contribution in [2.75, 3.05) is 7.11 Å². The zero-order valence-corrected chi connectivity index (χ0v) is 12.3. The van der Waals surface area contributed by atoms with Gasteiger partial charge in [0.1, 0.15) is 6.10 Å². The molecular weight excluding hydrogens is 282 g/mol. The van der Waals surface area contributed by atoms with Gasteiger partial charge in [0, 0.05) is 19.7 Å². The third-order valence-electron chi connectivity index (χ3n) is 3.67. The van der Waals surface area contributed by atoms with Gasteiger partial charge in [-0.3, -0.25) is 9.59 Å². The minimum absolute atomic E-state index is 0.128. The zero-order chi connectivity index (χ0) is 15.7. The normalized spacial score (nSPS) is 28.5. The number of nitrogens with one attached hydrogen (secondary N) is 1. The van der Waals surface area contributed by atoms with Crippen LogP contribution in [0.25, 0.3) is 0 Å². The predicted octanol–water partition coefficient (Wildman–Crippen LogP) is 1.00. The number of hydrogen-bond acceptors (Lipinski definition) is 5. The largest absolute Gasteiger partial charge is 0.454 e. The molecule has 3 atom stereocenters. The molecule has 1 N–H and O–H groups in total. The SMILES string of the molecule is COC1C=CC2=C(C(=O)C3C=CC#CC(=C3)N2)C1OC(C)=O. The van der Waals surface area contributed by atoms with Crippen LogP contribution >= 0.6 is 0 Å². The molecule has 0 spiro atoms. The maximum absolute atomic E-state index is 12.9. The molecule has 112 valence electrons. The average molecular weight is 297 g/mol. The van der Waals surface area contributed by atoms with E-state index in [0.29, 0.717) is 17.0 Å². The number of esters is 1. The van der Waals surface area contributed by atoms with E-state index in [1.165, 1.54) is 14.0 Å². The summed E-state index contributed by atoms with van der Waals surface area (Å²) in [6, 6.07) is 0. The molecule has 5 heteroatoms. The number of rotatable bonds is 2. The molecule has 0 aromatic rings. The summed E-state index contributed by atoms with van der Waals surface area (Å²) in [7, 11) is 1.52.